The molecule has 0 radical (unpaired) electrons. The summed E-state index contributed by atoms with van der Waals surface area (Å²) in [7, 11) is -4.26. The fraction of sp³-hybridized carbons (Fsp3) is 0.333. The number of nitrogens with zero attached hydrogens (tertiary/aromatic N) is 2. The molecule has 0 bridgehead atoms. The summed E-state index contributed by atoms with van der Waals surface area (Å²) in [6.07, 6.45) is 0. The maximum atomic E-state index is 14.1. The summed E-state index contributed by atoms with van der Waals surface area (Å²) in [6, 6.07) is 18.3. The lowest BCUT2D eigenvalue weighted by molar-refractivity contribution is -0.140. The molecule has 3 aromatic rings. The Kier molecular flexibility index (Phi) is 10.7. The van der Waals surface area contributed by atoms with Crippen molar-refractivity contribution in [2.45, 2.75) is 57.6 Å². The molecule has 8 nitrogen and oxygen atoms in total. The van der Waals surface area contributed by atoms with Crippen LogP contribution < -0.4 is 14.4 Å². The first-order valence-corrected chi connectivity index (χ1v) is 15.3. The predicted octanol–water partition coefficient (Wildman–Crippen LogP) is 5.92. The van der Waals surface area contributed by atoms with Gasteiger partial charge in [-0.05, 0) is 88.7 Å². The van der Waals surface area contributed by atoms with E-state index in [9.17, 15) is 18.0 Å². The highest BCUT2D eigenvalue weighted by atomic mass is 35.5. The molecule has 1 unspecified atom stereocenters. The molecule has 0 saturated carbocycles. The average Bonchev–Trinajstić information content (AvgIpc) is 2.91. The first-order chi connectivity index (χ1) is 19.2. The van der Waals surface area contributed by atoms with E-state index in [0.29, 0.717) is 15.8 Å². The Morgan fingerprint density at radius 2 is 1.49 bits per heavy atom. The van der Waals surface area contributed by atoms with Gasteiger partial charge in [0.25, 0.3) is 10.0 Å². The van der Waals surface area contributed by atoms with Crippen LogP contribution in [0.5, 0.6) is 5.75 Å². The van der Waals surface area contributed by atoms with Crippen LogP contribution in [0.1, 0.15) is 40.2 Å². The third-order valence-electron chi connectivity index (χ3n) is 6.05. The zero-order chi connectivity index (χ0) is 30.4. The van der Waals surface area contributed by atoms with Gasteiger partial charge in [-0.15, -0.1) is 0 Å². The molecule has 0 fully saturated rings. The van der Waals surface area contributed by atoms with E-state index < -0.39 is 34.1 Å². The number of anilines is 1. The van der Waals surface area contributed by atoms with E-state index in [4.69, 9.17) is 27.9 Å². The molecule has 3 rings (SSSR count). The van der Waals surface area contributed by atoms with Crippen molar-refractivity contribution in [3.05, 3.63) is 88.4 Å². The van der Waals surface area contributed by atoms with Gasteiger partial charge in [-0.1, -0.05) is 47.5 Å². The van der Waals surface area contributed by atoms with Gasteiger partial charge in [0.2, 0.25) is 11.8 Å². The van der Waals surface area contributed by atoms with E-state index in [1.807, 2.05) is 20.8 Å². The quantitative estimate of drug-likeness (QED) is 0.287. The number of rotatable bonds is 11. The lowest BCUT2D eigenvalue weighted by Gasteiger charge is -2.33. The zero-order valence-electron chi connectivity index (χ0n) is 23.7. The van der Waals surface area contributed by atoms with E-state index in [1.165, 1.54) is 29.2 Å². The Hall–Kier alpha value is -3.27. The standard InChI is InChI=1S/C30H35Cl2N3O5S/c1-6-40-27-10-8-7-9-26(27)35(41(38,39)25-17-15-24(32)16-18-25)20-28(36)34(19-22-11-13-23(31)14-12-22)21(2)29(37)33-30(3,4)5/h7-18,21H,6,19-20H2,1-5H3,(H,33,37). The summed E-state index contributed by atoms with van der Waals surface area (Å²) >= 11 is 12.1. The summed E-state index contributed by atoms with van der Waals surface area (Å²) in [4.78, 5) is 28.6. The number of ether oxygens (including phenoxy) is 1. The van der Waals surface area contributed by atoms with Crippen LogP contribution in [0.15, 0.2) is 77.7 Å². The molecule has 0 heterocycles. The molecule has 3 aromatic carbocycles. The number of amides is 2. The Morgan fingerprint density at radius 1 is 0.927 bits per heavy atom. The number of halogens is 2. The van der Waals surface area contributed by atoms with Crippen molar-refractivity contribution in [3.63, 3.8) is 0 Å². The molecule has 0 spiro atoms. The van der Waals surface area contributed by atoms with Crippen LogP contribution in [0.2, 0.25) is 10.0 Å². The first kappa shape index (κ1) is 32.2. The molecular weight excluding hydrogens is 585 g/mol. The fourth-order valence-electron chi connectivity index (χ4n) is 4.03. The van der Waals surface area contributed by atoms with Crippen LogP contribution in [-0.4, -0.2) is 49.9 Å². The minimum Gasteiger partial charge on any atom is -0.492 e. The largest absolute Gasteiger partial charge is 0.492 e. The maximum absolute atomic E-state index is 14.1. The first-order valence-electron chi connectivity index (χ1n) is 13.1. The van der Waals surface area contributed by atoms with Crippen LogP contribution in [0, 0.1) is 0 Å². The number of para-hydroxylation sites is 2. The van der Waals surface area contributed by atoms with Gasteiger partial charge in [0.05, 0.1) is 17.2 Å². The van der Waals surface area contributed by atoms with Crippen LogP contribution in [0.3, 0.4) is 0 Å². The molecular formula is C30H35Cl2N3O5S. The molecule has 1 atom stereocenters. The number of benzene rings is 3. The summed E-state index contributed by atoms with van der Waals surface area (Å²) in [5.41, 5.74) is 0.372. The highest BCUT2D eigenvalue weighted by molar-refractivity contribution is 7.92. The van der Waals surface area contributed by atoms with Gasteiger partial charge in [-0.3, -0.25) is 13.9 Å². The Balaban J connectivity index is 2.08. The van der Waals surface area contributed by atoms with E-state index in [0.717, 1.165) is 9.87 Å². The molecule has 0 saturated heterocycles. The predicted molar refractivity (Wildman–Crippen MR) is 163 cm³/mol. The van der Waals surface area contributed by atoms with Crippen molar-refractivity contribution in [2.75, 3.05) is 17.5 Å². The molecule has 2 amide bonds. The summed E-state index contributed by atoms with van der Waals surface area (Å²) < 4.78 is 34.8. The molecule has 0 aromatic heterocycles. The van der Waals surface area contributed by atoms with E-state index in [1.54, 1.807) is 62.4 Å². The second-order valence-electron chi connectivity index (χ2n) is 10.4. The molecule has 0 aliphatic heterocycles. The second kappa shape index (κ2) is 13.6. The van der Waals surface area contributed by atoms with E-state index >= 15 is 0 Å². The maximum Gasteiger partial charge on any atom is 0.264 e. The smallest absolute Gasteiger partial charge is 0.264 e. The molecule has 1 N–H and O–H groups in total. The van der Waals surface area contributed by atoms with Gasteiger partial charge in [-0.2, -0.15) is 0 Å². The Labute approximate surface area is 252 Å². The van der Waals surface area contributed by atoms with Gasteiger partial charge in [-0.25, -0.2) is 8.42 Å². The van der Waals surface area contributed by atoms with Gasteiger partial charge >= 0.3 is 0 Å². The normalized spacial score (nSPS) is 12.4. The number of carbonyl (C=O) groups is 2. The average molecular weight is 621 g/mol. The van der Waals surface area contributed by atoms with Crippen molar-refractivity contribution in [1.82, 2.24) is 10.2 Å². The van der Waals surface area contributed by atoms with Crippen LogP contribution in [0.4, 0.5) is 5.69 Å². The lowest BCUT2D eigenvalue weighted by atomic mass is 10.1. The van der Waals surface area contributed by atoms with Crippen molar-refractivity contribution in [1.29, 1.82) is 0 Å². The SMILES string of the molecule is CCOc1ccccc1N(CC(=O)N(Cc1ccc(Cl)cc1)C(C)C(=O)NC(C)(C)C)S(=O)(=O)c1ccc(Cl)cc1. The van der Waals surface area contributed by atoms with Crippen LogP contribution >= 0.6 is 23.2 Å². The number of sulfonamides is 1. The molecule has 0 aliphatic rings. The Bertz CT molecular complexity index is 1460. The summed E-state index contributed by atoms with van der Waals surface area (Å²) in [6.45, 7) is 8.67. The third-order valence-corrected chi connectivity index (χ3v) is 8.32. The number of hydrogen-bond acceptors (Lipinski definition) is 5. The second-order valence-corrected chi connectivity index (χ2v) is 13.2. The van der Waals surface area contributed by atoms with Gasteiger partial charge in [0.15, 0.2) is 0 Å². The summed E-state index contributed by atoms with van der Waals surface area (Å²) in [5.74, 6) is -0.662. The van der Waals surface area contributed by atoms with Crippen molar-refractivity contribution >= 4 is 50.7 Å². The molecule has 41 heavy (non-hydrogen) atoms. The molecule has 220 valence electrons. The number of carbonyl (C=O) groups excluding carboxylic acids is 2. The van der Waals surface area contributed by atoms with E-state index in [2.05, 4.69) is 5.32 Å². The minimum absolute atomic E-state index is 0.0521. The van der Waals surface area contributed by atoms with Crippen molar-refractivity contribution < 1.29 is 22.7 Å². The zero-order valence-corrected chi connectivity index (χ0v) is 26.1. The summed E-state index contributed by atoms with van der Waals surface area (Å²) in [5, 5.41) is 3.80. The minimum atomic E-state index is -4.26. The van der Waals surface area contributed by atoms with Crippen LogP contribution in [-0.2, 0) is 26.2 Å². The van der Waals surface area contributed by atoms with Gasteiger partial charge < -0.3 is 15.0 Å². The molecule has 0 aliphatic carbocycles. The Morgan fingerprint density at radius 3 is 2.05 bits per heavy atom. The highest BCUT2D eigenvalue weighted by Gasteiger charge is 2.34. The molecule has 11 heteroatoms. The third kappa shape index (κ3) is 8.61. The van der Waals surface area contributed by atoms with Gasteiger partial charge in [0, 0.05) is 22.1 Å². The topological polar surface area (TPSA) is 96.0 Å². The lowest BCUT2D eigenvalue weighted by Crippen LogP contribution is -2.54. The van der Waals surface area contributed by atoms with Gasteiger partial charge in [0.1, 0.15) is 18.3 Å². The monoisotopic (exact) mass is 619 g/mol. The van der Waals surface area contributed by atoms with Crippen molar-refractivity contribution in [3.8, 4) is 5.75 Å². The van der Waals surface area contributed by atoms with Crippen LogP contribution in [0.25, 0.3) is 0 Å². The number of hydrogen-bond donors (Lipinski definition) is 1. The fourth-order valence-corrected chi connectivity index (χ4v) is 5.71. The number of nitrogens with one attached hydrogen (secondary N) is 1. The highest BCUT2D eigenvalue weighted by Crippen LogP contribution is 2.33. The van der Waals surface area contributed by atoms with E-state index in [-0.39, 0.29) is 29.6 Å². The van der Waals surface area contributed by atoms with Crippen molar-refractivity contribution in [2.24, 2.45) is 0 Å².